The van der Waals surface area contributed by atoms with E-state index in [0.29, 0.717) is 5.69 Å². The normalized spacial score (nSPS) is 10.5. The van der Waals surface area contributed by atoms with Crippen LogP contribution in [0.25, 0.3) is 0 Å². The van der Waals surface area contributed by atoms with Crippen LogP contribution in [0.5, 0.6) is 5.75 Å². The number of hydrogen-bond donors (Lipinski definition) is 4. The molecule has 0 bridgehead atoms. The Morgan fingerprint density at radius 3 is 2.14 bits per heavy atom. The van der Waals surface area contributed by atoms with E-state index < -0.39 is 0 Å². The maximum Gasteiger partial charge on any atom is 0.144 e. The Bertz CT molecular complexity index is 431. The highest BCUT2D eigenvalue weighted by Gasteiger charge is 2.14. The number of methoxy groups -OCH3 is 1. The van der Waals surface area contributed by atoms with Crippen molar-refractivity contribution < 1.29 is 14.9 Å². The van der Waals surface area contributed by atoms with Gasteiger partial charge in [-0.05, 0) is 31.7 Å². The van der Waals surface area contributed by atoms with E-state index >= 15 is 0 Å². The van der Waals surface area contributed by atoms with Gasteiger partial charge in [-0.25, -0.2) is 0 Å². The fourth-order valence-corrected chi connectivity index (χ4v) is 2.39. The minimum absolute atomic E-state index is 0.200. The van der Waals surface area contributed by atoms with Gasteiger partial charge in [0.25, 0.3) is 0 Å². The zero-order valence-corrected chi connectivity index (χ0v) is 13.6. The van der Waals surface area contributed by atoms with Gasteiger partial charge < -0.3 is 30.9 Å². The molecule has 0 saturated heterocycles. The number of aliphatic hydroxyl groups is 2. The lowest BCUT2D eigenvalue weighted by atomic mass is 10.1. The Morgan fingerprint density at radius 1 is 1.09 bits per heavy atom. The average Bonchev–Trinajstić information content (AvgIpc) is 2.53. The van der Waals surface area contributed by atoms with Crippen LogP contribution in [0.15, 0.2) is 12.1 Å². The number of rotatable bonds is 11. The summed E-state index contributed by atoms with van der Waals surface area (Å²) in [6, 6.07) is 3.82. The van der Waals surface area contributed by atoms with Gasteiger partial charge in [0.2, 0.25) is 0 Å². The van der Waals surface area contributed by atoms with Crippen LogP contribution in [-0.4, -0.2) is 50.7 Å². The van der Waals surface area contributed by atoms with Crippen LogP contribution in [0.2, 0.25) is 0 Å². The van der Waals surface area contributed by atoms with Crippen molar-refractivity contribution in [2.75, 3.05) is 56.4 Å². The van der Waals surface area contributed by atoms with Crippen LogP contribution in [0.4, 0.5) is 17.1 Å². The van der Waals surface area contributed by atoms with Crippen LogP contribution in [0, 0.1) is 0 Å². The van der Waals surface area contributed by atoms with Gasteiger partial charge in [-0.1, -0.05) is 0 Å². The van der Waals surface area contributed by atoms with Crippen molar-refractivity contribution in [1.82, 2.24) is 0 Å². The predicted molar refractivity (Wildman–Crippen MR) is 91.8 cm³/mol. The fraction of sp³-hybridized carbons (Fsp3) is 0.625. The molecule has 0 atom stereocenters. The van der Waals surface area contributed by atoms with Crippen LogP contribution >= 0.6 is 0 Å². The van der Waals surface area contributed by atoms with Crippen molar-refractivity contribution in [3.63, 3.8) is 0 Å². The molecule has 0 saturated carbocycles. The van der Waals surface area contributed by atoms with Gasteiger partial charge >= 0.3 is 0 Å². The molecular formula is C16H29N3O3. The standard InChI is InChI=1S/C16H29N3O3/c1-18-14-12-15(16(22-2)11-13(14)17)19(7-3-5-9-20)8-4-6-10-21/h11-12,18,20-21H,3-10,17H2,1-2H3. The topological polar surface area (TPSA) is 91.0 Å². The summed E-state index contributed by atoms with van der Waals surface area (Å²) in [7, 11) is 3.47. The lowest BCUT2D eigenvalue weighted by molar-refractivity contribution is 0.282. The van der Waals surface area contributed by atoms with Crippen molar-refractivity contribution in [3.05, 3.63) is 12.1 Å². The highest BCUT2D eigenvalue weighted by molar-refractivity contribution is 5.77. The smallest absolute Gasteiger partial charge is 0.144 e. The van der Waals surface area contributed by atoms with Gasteiger partial charge in [0.05, 0.1) is 24.2 Å². The van der Waals surface area contributed by atoms with Crippen LogP contribution in [-0.2, 0) is 0 Å². The molecule has 0 radical (unpaired) electrons. The Hall–Kier alpha value is -1.66. The lowest BCUT2D eigenvalue weighted by Gasteiger charge is -2.27. The summed E-state index contributed by atoms with van der Waals surface area (Å²) in [4.78, 5) is 2.23. The molecule has 1 aromatic carbocycles. The number of unbranched alkanes of at least 4 members (excludes halogenated alkanes) is 2. The number of nitrogen functional groups attached to an aromatic ring is 1. The molecule has 0 unspecified atom stereocenters. The molecule has 0 amide bonds. The zero-order chi connectivity index (χ0) is 16.4. The third kappa shape index (κ3) is 5.27. The third-order valence-electron chi connectivity index (χ3n) is 3.63. The van der Waals surface area contributed by atoms with E-state index in [1.807, 2.05) is 19.2 Å². The summed E-state index contributed by atoms with van der Waals surface area (Å²) in [5.41, 5.74) is 8.49. The first-order chi connectivity index (χ1) is 10.7. The summed E-state index contributed by atoms with van der Waals surface area (Å²) in [5.74, 6) is 0.740. The van der Waals surface area contributed by atoms with E-state index in [-0.39, 0.29) is 13.2 Å². The van der Waals surface area contributed by atoms with Gasteiger partial charge in [0.15, 0.2) is 0 Å². The van der Waals surface area contributed by atoms with E-state index in [9.17, 15) is 0 Å². The van der Waals surface area contributed by atoms with E-state index in [0.717, 1.165) is 55.9 Å². The number of hydrogen-bond acceptors (Lipinski definition) is 6. The molecule has 0 spiro atoms. The molecule has 0 aliphatic carbocycles. The van der Waals surface area contributed by atoms with E-state index in [2.05, 4.69) is 10.2 Å². The zero-order valence-electron chi connectivity index (χ0n) is 13.6. The first-order valence-corrected chi connectivity index (χ1v) is 7.79. The number of nitrogens with two attached hydrogens (primary N) is 1. The minimum Gasteiger partial charge on any atom is -0.495 e. The van der Waals surface area contributed by atoms with Gasteiger partial charge in [-0.2, -0.15) is 0 Å². The van der Waals surface area contributed by atoms with E-state index in [4.69, 9.17) is 20.7 Å². The number of aliphatic hydroxyl groups excluding tert-OH is 2. The quantitative estimate of drug-likeness (QED) is 0.367. The van der Waals surface area contributed by atoms with E-state index in [1.54, 1.807) is 7.11 Å². The Morgan fingerprint density at radius 2 is 1.68 bits per heavy atom. The van der Waals surface area contributed by atoms with Crippen molar-refractivity contribution in [3.8, 4) is 5.75 Å². The van der Waals surface area contributed by atoms with Crippen molar-refractivity contribution in [2.45, 2.75) is 25.7 Å². The van der Waals surface area contributed by atoms with Gasteiger partial charge in [-0.3, -0.25) is 0 Å². The highest BCUT2D eigenvalue weighted by atomic mass is 16.5. The summed E-state index contributed by atoms with van der Waals surface area (Å²) in [6.45, 7) is 2.06. The van der Waals surface area contributed by atoms with Crippen molar-refractivity contribution in [2.24, 2.45) is 0 Å². The summed E-state index contributed by atoms with van der Waals surface area (Å²) < 4.78 is 5.47. The number of nitrogens with one attached hydrogen (secondary N) is 1. The molecule has 0 aliphatic rings. The molecule has 126 valence electrons. The first-order valence-electron chi connectivity index (χ1n) is 7.79. The second kappa shape index (κ2) is 10.1. The summed E-state index contributed by atoms with van der Waals surface area (Å²) in [6.07, 6.45) is 3.34. The molecule has 0 fully saturated rings. The Labute approximate surface area is 132 Å². The second-order valence-electron chi connectivity index (χ2n) is 5.21. The van der Waals surface area contributed by atoms with Crippen LogP contribution < -0.4 is 20.7 Å². The van der Waals surface area contributed by atoms with Gasteiger partial charge in [-0.15, -0.1) is 0 Å². The maximum absolute atomic E-state index is 8.98. The van der Waals surface area contributed by atoms with Gasteiger partial charge in [0.1, 0.15) is 5.75 Å². The number of nitrogens with zero attached hydrogens (tertiary/aromatic N) is 1. The molecule has 22 heavy (non-hydrogen) atoms. The fourth-order valence-electron chi connectivity index (χ4n) is 2.39. The van der Waals surface area contributed by atoms with Crippen LogP contribution in [0.1, 0.15) is 25.7 Å². The van der Waals surface area contributed by atoms with Crippen molar-refractivity contribution >= 4 is 17.1 Å². The highest BCUT2D eigenvalue weighted by Crippen LogP contribution is 2.36. The molecule has 6 nitrogen and oxygen atoms in total. The molecule has 1 aromatic rings. The number of benzene rings is 1. The number of ether oxygens (including phenoxy) is 1. The third-order valence-corrected chi connectivity index (χ3v) is 3.63. The monoisotopic (exact) mass is 311 g/mol. The molecule has 5 N–H and O–H groups in total. The average molecular weight is 311 g/mol. The first kappa shape index (κ1) is 18.4. The summed E-state index contributed by atoms with van der Waals surface area (Å²) in [5, 5.41) is 21.0. The summed E-state index contributed by atoms with van der Waals surface area (Å²) >= 11 is 0. The Kier molecular flexibility index (Phi) is 8.47. The largest absolute Gasteiger partial charge is 0.495 e. The number of anilines is 3. The molecule has 0 aromatic heterocycles. The van der Waals surface area contributed by atoms with Crippen molar-refractivity contribution in [1.29, 1.82) is 0 Å². The second-order valence-corrected chi connectivity index (χ2v) is 5.21. The predicted octanol–water partition coefficient (Wildman–Crippen LogP) is 1.67. The molecule has 0 heterocycles. The maximum atomic E-state index is 8.98. The minimum atomic E-state index is 0.200. The van der Waals surface area contributed by atoms with Gasteiger partial charge in [0, 0.05) is 39.4 Å². The molecular weight excluding hydrogens is 282 g/mol. The SMILES string of the molecule is CNc1cc(N(CCCCO)CCCCO)c(OC)cc1N. The Balaban J connectivity index is 2.98. The molecule has 1 rings (SSSR count). The molecule has 6 heteroatoms. The van der Waals surface area contributed by atoms with Crippen LogP contribution in [0.3, 0.4) is 0 Å². The van der Waals surface area contributed by atoms with E-state index in [1.165, 1.54) is 0 Å². The lowest BCUT2D eigenvalue weighted by Crippen LogP contribution is -2.26. The molecule has 0 aliphatic heterocycles.